The summed E-state index contributed by atoms with van der Waals surface area (Å²) in [5.74, 6) is 0.806. The van der Waals surface area contributed by atoms with Gasteiger partial charge in [-0.25, -0.2) is 0 Å². The van der Waals surface area contributed by atoms with Crippen LogP contribution in [0.5, 0.6) is 0 Å². The number of nitrogens with zero attached hydrogens (tertiary/aromatic N) is 2. The smallest absolute Gasteiger partial charge is 0.0443 e. The Bertz CT molecular complexity index is 625. The van der Waals surface area contributed by atoms with E-state index >= 15 is 0 Å². The second kappa shape index (κ2) is 10.7. The molecular weight excluding hydrogens is 364 g/mol. The number of allylic oxidation sites excluding steroid dienone is 2. The van der Waals surface area contributed by atoms with Gasteiger partial charge in [0.2, 0.25) is 0 Å². The van der Waals surface area contributed by atoms with Crippen LogP contribution in [-0.4, -0.2) is 37.6 Å². The van der Waals surface area contributed by atoms with Gasteiger partial charge in [0.05, 0.1) is 0 Å². The minimum Gasteiger partial charge on any atom is -0.368 e. The van der Waals surface area contributed by atoms with Gasteiger partial charge in [-0.15, -0.1) is 12.4 Å². The second-order valence-electron chi connectivity index (χ2n) is 9.17. The largest absolute Gasteiger partial charge is 0.368 e. The molecule has 158 valence electrons. The summed E-state index contributed by atoms with van der Waals surface area (Å²) in [7, 11) is 0. The minimum absolute atomic E-state index is 0. The topological polar surface area (TPSA) is 6.48 Å². The normalized spacial score (nSPS) is 20.0. The number of para-hydroxylation sites is 1. The van der Waals surface area contributed by atoms with Crippen molar-refractivity contribution in [1.82, 2.24) is 4.90 Å². The number of anilines is 1. The lowest BCUT2D eigenvalue weighted by Gasteiger charge is -2.39. The van der Waals surface area contributed by atoms with Crippen LogP contribution in [0.25, 0.3) is 5.57 Å². The van der Waals surface area contributed by atoms with Crippen molar-refractivity contribution >= 4 is 23.7 Å². The van der Waals surface area contributed by atoms with E-state index in [2.05, 4.69) is 67.8 Å². The molecule has 3 heteroatoms. The van der Waals surface area contributed by atoms with Crippen LogP contribution >= 0.6 is 12.4 Å². The third-order valence-corrected chi connectivity index (χ3v) is 7.19. The Balaban J connectivity index is 0.00000280. The number of hydrogen-bond donors (Lipinski definition) is 0. The summed E-state index contributed by atoms with van der Waals surface area (Å²) in [6.45, 7) is 15.4. The van der Waals surface area contributed by atoms with Gasteiger partial charge < -0.3 is 4.90 Å². The number of benzene rings is 1. The van der Waals surface area contributed by atoms with Gasteiger partial charge in [-0.2, -0.15) is 0 Å². The fourth-order valence-electron chi connectivity index (χ4n) is 4.75. The van der Waals surface area contributed by atoms with Crippen LogP contribution < -0.4 is 4.90 Å². The van der Waals surface area contributed by atoms with E-state index in [9.17, 15) is 0 Å². The molecule has 3 rings (SSSR count). The Labute approximate surface area is 179 Å². The Hall–Kier alpha value is -0.990. The molecule has 0 spiro atoms. The molecule has 0 radical (unpaired) electrons. The second-order valence-corrected chi connectivity index (χ2v) is 9.17. The molecule has 28 heavy (non-hydrogen) atoms. The van der Waals surface area contributed by atoms with Crippen molar-refractivity contribution in [1.29, 1.82) is 0 Å². The Morgan fingerprint density at radius 1 is 1.00 bits per heavy atom. The fraction of sp³-hybridized carbons (Fsp3) is 0.680. The highest BCUT2D eigenvalue weighted by Gasteiger charge is 2.29. The van der Waals surface area contributed by atoms with Gasteiger partial charge in [0.1, 0.15) is 0 Å². The Morgan fingerprint density at radius 2 is 1.68 bits per heavy atom. The molecule has 0 N–H and O–H groups in total. The van der Waals surface area contributed by atoms with Gasteiger partial charge in [-0.1, -0.05) is 64.8 Å². The zero-order valence-corrected chi connectivity index (χ0v) is 19.4. The molecule has 0 atom stereocenters. The van der Waals surface area contributed by atoms with Crippen molar-refractivity contribution in [3.63, 3.8) is 0 Å². The average molecular weight is 405 g/mol. The highest BCUT2D eigenvalue weighted by Crippen LogP contribution is 2.44. The number of piperazine rings is 1. The average Bonchev–Trinajstić information content (AvgIpc) is 2.73. The molecule has 1 aliphatic carbocycles. The first-order valence-corrected chi connectivity index (χ1v) is 11.3. The zero-order chi connectivity index (χ0) is 19.3. The van der Waals surface area contributed by atoms with Crippen LogP contribution in [0.2, 0.25) is 0 Å². The molecule has 0 unspecified atom stereocenters. The summed E-state index contributed by atoms with van der Waals surface area (Å²) in [5.41, 5.74) is 5.10. The quantitative estimate of drug-likeness (QED) is 0.501. The molecule has 0 amide bonds. The van der Waals surface area contributed by atoms with Crippen molar-refractivity contribution in [3.8, 4) is 0 Å². The molecule has 1 aromatic rings. The molecular formula is C25H41ClN2. The van der Waals surface area contributed by atoms with Crippen molar-refractivity contribution in [2.45, 2.75) is 66.2 Å². The van der Waals surface area contributed by atoms with E-state index < -0.39 is 0 Å². The van der Waals surface area contributed by atoms with Crippen molar-refractivity contribution in [2.24, 2.45) is 11.3 Å². The predicted octanol–water partition coefficient (Wildman–Crippen LogP) is 6.65. The molecule has 2 nitrogen and oxygen atoms in total. The molecule has 1 saturated heterocycles. The summed E-state index contributed by atoms with van der Waals surface area (Å²) < 4.78 is 0. The molecule has 1 aliphatic heterocycles. The highest BCUT2D eigenvalue weighted by atomic mass is 35.5. The lowest BCUT2D eigenvalue weighted by molar-refractivity contribution is 0.238. The van der Waals surface area contributed by atoms with Gasteiger partial charge in [-0.3, -0.25) is 4.90 Å². The van der Waals surface area contributed by atoms with E-state index in [-0.39, 0.29) is 12.4 Å². The first-order valence-electron chi connectivity index (χ1n) is 11.3. The van der Waals surface area contributed by atoms with Crippen LogP contribution in [0.1, 0.15) is 71.8 Å². The molecule has 0 bridgehead atoms. The zero-order valence-electron chi connectivity index (χ0n) is 18.5. The van der Waals surface area contributed by atoms with Gasteiger partial charge >= 0.3 is 0 Å². The standard InChI is InChI=1S/C25H40N2.ClH/c1-5-25(6-2)14-11-22(12-15-25)23-9-7-8-10-24(23)27-19-17-26(18-20-27)16-13-21(3)4;/h7-11,21H,5-6,12-20H2,1-4H3;1H. The van der Waals surface area contributed by atoms with E-state index in [1.165, 1.54) is 69.4 Å². The highest BCUT2D eigenvalue weighted by molar-refractivity contribution is 5.85. The van der Waals surface area contributed by atoms with Crippen molar-refractivity contribution in [3.05, 3.63) is 35.9 Å². The maximum absolute atomic E-state index is 2.65. The summed E-state index contributed by atoms with van der Waals surface area (Å²) in [4.78, 5) is 5.28. The third-order valence-electron chi connectivity index (χ3n) is 7.19. The van der Waals surface area contributed by atoms with Gasteiger partial charge in [0.25, 0.3) is 0 Å². The van der Waals surface area contributed by atoms with Crippen molar-refractivity contribution in [2.75, 3.05) is 37.6 Å². The van der Waals surface area contributed by atoms with Crippen LogP contribution in [0.15, 0.2) is 30.3 Å². The van der Waals surface area contributed by atoms with Crippen LogP contribution in [0, 0.1) is 11.3 Å². The van der Waals surface area contributed by atoms with Crippen LogP contribution in [0.3, 0.4) is 0 Å². The minimum atomic E-state index is 0. The summed E-state index contributed by atoms with van der Waals surface area (Å²) in [6.07, 6.45) is 10.4. The maximum atomic E-state index is 2.65. The first-order chi connectivity index (χ1) is 13.1. The van der Waals surface area contributed by atoms with E-state index in [4.69, 9.17) is 0 Å². The predicted molar refractivity (Wildman–Crippen MR) is 127 cm³/mol. The lowest BCUT2D eigenvalue weighted by Crippen LogP contribution is -2.47. The van der Waals surface area contributed by atoms with Crippen LogP contribution in [-0.2, 0) is 0 Å². The van der Waals surface area contributed by atoms with Crippen molar-refractivity contribution < 1.29 is 0 Å². The van der Waals surface area contributed by atoms with Gasteiger partial charge in [0.15, 0.2) is 0 Å². The summed E-state index contributed by atoms with van der Waals surface area (Å²) >= 11 is 0. The molecule has 0 saturated carbocycles. The fourth-order valence-corrected chi connectivity index (χ4v) is 4.75. The molecule has 1 aromatic carbocycles. The monoisotopic (exact) mass is 404 g/mol. The molecule has 0 aromatic heterocycles. The third kappa shape index (κ3) is 5.54. The SMILES string of the molecule is CCC1(CC)CC=C(c2ccccc2N2CCN(CCC(C)C)CC2)CC1.Cl. The Kier molecular flexibility index (Phi) is 8.89. The maximum Gasteiger partial charge on any atom is 0.0443 e. The molecule has 2 aliphatic rings. The summed E-state index contributed by atoms with van der Waals surface area (Å²) in [5, 5.41) is 0. The van der Waals surface area contributed by atoms with Gasteiger partial charge in [0, 0.05) is 37.4 Å². The van der Waals surface area contributed by atoms with Gasteiger partial charge in [-0.05, 0) is 55.2 Å². The van der Waals surface area contributed by atoms with E-state index in [0.29, 0.717) is 5.41 Å². The summed E-state index contributed by atoms with van der Waals surface area (Å²) in [6, 6.07) is 9.15. The number of hydrogen-bond acceptors (Lipinski definition) is 2. The first kappa shape index (κ1) is 23.3. The molecule has 1 heterocycles. The van der Waals surface area contributed by atoms with E-state index in [1.54, 1.807) is 5.57 Å². The van der Waals surface area contributed by atoms with E-state index in [1.807, 2.05) is 0 Å². The number of rotatable bonds is 7. The van der Waals surface area contributed by atoms with Crippen LogP contribution in [0.4, 0.5) is 5.69 Å². The Morgan fingerprint density at radius 3 is 2.25 bits per heavy atom. The van der Waals surface area contributed by atoms with E-state index in [0.717, 1.165) is 19.0 Å². The molecule has 1 fully saturated rings. The number of halogens is 1. The lowest BCUT2D eigenvalue weighted by atomic mass is 9.70.